The minimum absolute atomic E-state index is 0.261. The SMILES string of the molecule is CS(=O)(=O)c1ccc(-n2c(N)nc3cc(Cl)ccc32)cc1. The molecule has 1 aromatic heterocycles. The number of nitrogens with zero attached hydrogens (tertiary/aromatic N) is 2. The van der Waals surface area contributed by atoms with Gasteiger partial charge in [0.05, 0.1) is 15.9 Å². The van der Waals surface area contributed by atoms with Crippen LogP contribution in [0.5, 0.6) is 0 Å². The first-order valence-electron chi connectivity index (χ1n) is 6.10. The molecule has 108 valence electrons. The lowest BCUT2D eigenvalue weighted by Gasteiger charge is -2.07. The van der Waals surface area contributed by atoms with Crippen LogP contribution < -0.4 is 5.73 Å². The summed E-state index contributed by atoms with van der Waals surface area (Å²) in [7, 11) is -3.22. The van der Waals surface area contributed by atoms with Crippen molar-refractivity contribution in [2.45, 2.75) is 4.90 Å². The molecule has 0 aliphatic carbocycles. The van der Waals surface area contributed by atoms with Crippen LogP contribution in [0.4, 0.5) is 5.95 Å². The molecule has 2 N–H and O–H groups in total. The van der Waals surface area contributed by atoms with Crippen molar-refractivity contribution in [1.29, 1.82) is 0 Å². The monoisotopic (exact) mass is 321 g/mol. The van der Waals surface area contributed by atoms with E-state index in [0.717, 1.165) is 11.2 Å². The minimum Gasteiger partial charge on any atom is -0.369 e. The zero-order chi connectivity index (χ0) is 15.2. The van der Waals surface area contributed by atoms with Gasteiger partial charge in [-0.25, -0.2) is 13.4 Å². The number of imidazole rings is 1. The Morgan fingerprint density at radius 3 is 2.43 bits per heavy atom. The number of sulfone groups is 1. The lowest BCUT2D eigenvalue weighted by atomic mass is 10.3. The van der Waals surface area contributed by atoms with Gasteiger partial charge in [-0.05, 0) is 42.5 Å². The molecular weight excluding hydrogens is 310 g/mol. The Bertz CT molecular complexity index is 931. The Labute approximate surface area is 126 Å². The van der Waals surface area contributed by atoms with E-state index < -0.39 is 9.84 Å². The molecule has 0 unspecified atom stereocenters. The zero-order valence-corrected chi connectivity index (χ0v) is 12.7. The van der Waals surface area contributed by atoms with Crippen molar-refractivity contribution < 1.29 is 8.42 Å². The molecule has 3 aromatic rings. The number of benzene rings is 2. The van der Waals surface area contributed by atoms with E-state index in [1.807, 2.05) is 6.07 Å². The van der Waals surface area contributed by atoms with Gasteiger partial charge in [0, 0.05) is 17.0 Å². The minimum atomic E-state index is -3.22. The summed E-state index contributed by atoms with van der Waals surface area (Å²) in [5.41, 5.74) is 8.19. The number of fused-ring (bicyclic) bond motifs is 1. The van der Waals surface area contributed by atoms with E-state index >= 15 is 0 Å². The van der Waals surface area contributed by atoms with Gasteiger partial charge < -0.3 is 5.73 Å². The molecule has 3 rings (SSSR count). The molecule has 0 fully saturated rings. The van der Waals surface area contributed by atoms with Crippen LogP contribution in [-0.4, -0.2) is 24.2 Å². The quantitative estimate of drug-likeness (QED) is 0.787. The van der Waals surface area contributed by atoms with Crippen molar-refractivity contribution in [3.8, 4) is 5.69 Å². The second kappa shape index (κ2) is 4.75. The Kier molecular flexibility index (Phi) is 3.15. The summed E-state index contributed by atoms with van der Waals surface area (Å²) in [5.74, 6) is 0.319. The van der Waals surface area contributed by atoms with Gasteiger partial charge in [0.15, 0.2) is 9.84 Å². The van der Waals surface area contributed by atoms with Crippen LogP contribution >= 0.6 is 11.6 Å². The molecule has 0 aliphatic rings. The lowest BCUT2D eigenvalue weighted by Crippen LogP contribution is -2.02. The van der Waals surface area contributed by atoms with Crippen molar-refractivity contribution >= 4 is 38.4 Å². The summed E-state index contributed by atoms with van der Waals surface area (Å²) >= 11 is 5.94. The molecular formula is C14H12ClN3O2S. The van der Waals surface area contributed by atoms with E-state index in [9.17, 15) is 8.42 Å². The topological polar surface area (TPSA) is 78.0 Å². The second-order valence-corrected chi connectivity index (χ2v) is 7.16. The Morgan fingerprint density at radius 1 is 1.14 bits per heavy atom. The third-order valence-corrected chi connectivity index (χ3v) is 4.53. The molecule has 0 atom stereocenters. The van der Waals surface area contributed by atoms with E-state index in [0.29, 0.717) is 16.5 Å². The van der Waals surface area contributed by atoms with Gasteiger partial charge in [-0.15, -0.1) is 0 Å². The van der Waals surface area contributed by atoms with E-state index in [1.165, 1.54) is 6.26 Å². The number of nitrogen functional groups attached to an aromatic ring is 1. The molecule has 0 saturated carbocycles. The number of aromatic nitrogens is 2. The fourth-order valence-corrected chi connectivity index (χ4v) is 2.98. The first-order valence-corrected chi connectivity index (χ1v) is 8.37. The highest BCUT2D eigenvalue weighted by atomic mass is 35.5. The number of hydrogen-bond acceptors (Lipinski definition) is 4. The number of halogens is 1. The molecule has 21 heavy (non-hydrogen) atoms. The first-order chi connectivity index (χ1) is 9.86. The van der Waals surface area contributed by atoms with Crippen LogP contribution in [0, 0.1) is 0 Å². The van der Waals surface area contributed by atoms with E-state index in [-0.39, 0.29) is 4.90 Å². The number of nitrogens with two attached hydrogens (primary N) is 1. The smallest absolute Gasteiger partial charge is 0.205 e. The molecule has 0 saturated heterocycles. The maximum Gasteiger partial charge on any atom is 0.205 e. The summed E-state index contributed by atoms with van der Waals surface area (Å²) in [6, 6.07) is 11.8. The van der Waals surface area contributed by atoms with Gasteiger partial charge in [-0.1, -0.05) is 11.6 Å². The maximum absolute atomic E-state index is 11.5. The maximum atomic E-state index is 11.5. The molecule has 0 aliphatic heterocycles. The molecule has 5 nitrogen and oxygen atoms in total. The summed E-state index contributed by atoms with van der Waals surface area (Å²) in [5, 5.41) is 0.583. The molecule has 0 bridgehead atoms. The number of rotatable bonds is 2. The fraction of sp³-hybridized carbons (Fsp3) is 0.0714. The predicted octanol–water partition coefficient (Wildman–Crippen LogP) is 2.66. The van der Waals surface area contributed by atoms with Crippen molar-refractivity contribution in [3.05, 3.63) is 47.5 Å². The van der Waals surface area contributed by atoms with Crippen molar-refractivity contribution in [2.75, 3.05) is 12.0 Å². The van der Waals surface area contributed by atoms with Crippen LogP contribution in [0.15, 0.2) is 47.4 Å². The van der Waals surface area contributed by atoms with E-state index in [2.05, 4.69) is 4.98 Å². The Morgan fingerprint density at radius 2 is 1.81 bits per heavy atom. The van der Waals surface area contributed by atoms with Crippen molar-refractivity contribution in [2.24, 2.45) is 0 Å². The molecule has 2 aromatic carbocycles. The van der Waals surface area contributed by atoms with Gasteiger partial charge in [-0.2, -0.15) is 0 Å². The van der Waals surface area contributed by atoms with Crippen LogP contribution in [0.3, 0.4) is 0 Å². The largest absolute Gasteiger partial charge is 0.369 e. The lowest BCUT2D eigenvalue weighted by molar-refractivity contribution is 0.602. The van der Waals surface area contributed by atoms with Crippen LogP contribution in [0.1, 0.15) is 0 Å². The van der Waals surface area contributed by atoms with Gasteiger partial charge >= 0.3 is 0 Å². The highest BCUT2D eigenvalue weighted by molar-refractivity contribution is 7.90. The Balaban J connectivity index is 2.19. The molecule has 0 amide bonds. The van der Waals surface area contributed by atoms with E-state index in [1.54, 1.807) is 41.0 Å². The van der Waals surface area contributed by atoms with E-state index in [4.69, 9.17) is 17.3 Å². The standard InChI is InChI=1S/C14H12ClN3O2S/c1-21(19,20)11-5-3-10(4-6-11)18-13-7-2-9(15)8-12(13)17-14(18)16/h2-8H,1H3,(H2,16,17). The molecule has 0 radical (unpaired) electrons. The molecule has 0 spiro atoms. The third-order valence-electron chi connectivity index (χ3n) is 3.17. The number of hydrogen-bond donors (Lipinski definition) is 1. The summed E-state index contributed by atoms with van der Waals surface area (Å²) in [6.07, 6.45) is 1.17. The summed E-state index contributed by atoms with van der Waals surface area (Å²) in [6.45, 7) is 0. The van der Waals surface area contributed by atoms with Crippen molar-refractivity contribution in [3.63, 3.8) is 0 Å². The third kappa shape index (κ3) is 2.48. The van der Waals surface area contributed by atoms with Gasteiger partial charge in [0.2, 0.25) is 5.95 Å². The normalized spacial score (nSPS) is 11.9. The van der Waals surface area contributed by atoms with Gasteiger partial charge in [-0.3, -0.25) is 4.57 Å². The summed E-state index contributed by atoms with van der Waals surface area (Å²) < 4.78 is 24.7. The highest BCUT2D eigenvalue weighted by Crippen LogP contribution is 2.26. The van der Waals surface area contributed by atoms with Gasteiger partial charge in [0.25, 0.3) is 0 Å². The van der Waals surface area contributed by atoms with Crippen LogP contribution in [-0.2, 0) is 9.84 Å². The van der Waals surface area contributed by atoms with Crippen molar-refractivity contribution in [1.82, 2.24) is 9.55 Å². The molecule has 1 heterocycles. The first kappa shape index (κ1) is 13.9. The zero-order valence-electron chi connectivity index (χ0n) is 11.1. The highest BCUT2D eigenvalue weighted by Gasteiger charge is 2.12. The van der Waals surface area contributed by atoms with Crippen LogP contribution in [0.2, 0.25) is 5.02 Å². The Hall–Kier alpha value is -2.05. The van der Waals surface area contributed by atoms with Gasteiger partial charge in [0.1, 0.15) is 0 Å². The average molecular weight is 322 g/mol. The van der Waals surface area contributed by atoms with Crippen LogP contribution in [0.25, 0.3) is 16.7 Å². The second-order valence-electron chi connectivity index (χ2n) is 4.70. The number of anilines is 1. The predicted molar refractivity (Wildman–Crippen MR) is 83.6 cm³/mol. The summed E-state index contributed by atoms with van der Waals surface area (Å²) in [4.78, 5) is 4.52. The average Bonchev–Trinajstić information content (AvgIpc) is 2.73. The molecule has 7 heteroatoms. The fourth-order valence-electron chi connectivity index (χ4n) is 2.19.